The molecule has 0 aliphatic carbocycles. The maximum atomic E-state index is 11.8. The van der Waals surface area contributed by atoms with Crippen LogP contribution in [0.2, 0.25) is 0 Å². The van der Waals surface area contributed by atoms with Crippen molar-refractivity contribution in [2.45, 2.75) is 32.7 Å². The highest BCUT2D eigenvalue weighted by Crippen LogP contribution is 2.21. The van der Waals surface area contributed by atoms with E-state index in [2.05, 4.69) is 18.8 Å². The third kappa shape index (κ3) is 4.87. The van der Waals surface area contributed by atoms with Crippen molar-refractivity contribution in [3.05, 3.63) is 48.0 Å². The molecule has 1 N–H and O–H groups in total. The van der Waals surface area contributed by atoms with Gasteiger partial charge in [-0.1, -0.05) is 50.3 Å². The molecule has 0 spiro atoms. The van der Waals surface area contributed by atoms with Gasteiger partial charge in [0, 0.05) is 0 Å². The Balaban J connectivity index is 2.80. The molecule has 0 aliphatic rings. The number of unbranched alkanes of at least 4 members (excludes halogenated alkanes) is 1. The molecule has 0 aliphatic heterocycles. The normalized spacial score (nSPS) is 11.9. The van der Waals surface area contributed by atoms with E-state index in [0.29, 0.717) is 12.2 Å². The van der Waals surface area contributed by atoms with E-state index in [1.54, 1.807) is 6.92 Å². The number of carbonyl (C=O) groups excluding carboxylic acids is 1. The molecule has 3 nitrogen and oxygen atoms in total. The van der Waals surface area contributed by atoms with Crippen molar-refractivity contribution in [3.63, 3.8) is 0 Å². The quantitative estimate of drug-likeness (QED) is 0.443. The Morgan fingerprint density at radius 3 is 2.58 bits per heavy atom. The van der Waals surface area contributed by atoms with Crippen molar-refractivity contribution in [3.8, 4) is 0 Å². The molecular weight excluding hydrogens is 238 g/mol. The van der Waals surface area contributed by atoms with Crippen molar-refractivity contribution >= 4 is 5.97 Å². The zero-order valence-corrected chi connectivity index (χ0v) is 11.8. The maximum absolute atomic E-state index is 11.8. The fourth-order valence-corrected chi connectivity index (χ4v) is 1.85. The molecular formula is C16H23NO2. The number of benzene rings is 1. The lowest BCUT2D eigenvalue weighted by Gasteiger charge is -2.20. The van der Waals surface area contributed by atoms with Crippen LogP contribution in [0.25, 0.3) is 0 Å². The summed E-state index contributed by atoms with van der Waals surface area (Å²) in [4.78, 5) is 11.8. The van der Waals surface area contributed by atoms with Crippen LogP contribution in [0, 0.1) is 0 Å². The van der Waals surface area contributed by atoms with Gasteiger partial charge in [-0.15, -0.1) is 0 Å². The molecule has 0 unspecified atom stereocenters. The third-order valence-electron chi connectivity index (χ3n) is 2.90. The first-order valence-electron chi connectivity index (χ1n) is 6.84. The van der Waals surface area contributed by atoms with Crippen LogP contribution >= 0.6 is 0 Å². The number of hydrogen-bond donors (Lipinski definition) is 1. The largest absolute Gasteiger partial charge is 0.463 e. The molecule has 1 aromatic rings. The molecule has 1 atom stereocenters. The molecule has 0 radical (unpaired) electrons. The summed E-state index contributed by atoms with van der Waals surface area (Å²) >= 11 is 0. The molecule has 1 aromatic carbocycles. The van der Waals surface area contributed by atoms with E-state index in [4.69, 9.17) is 4.74 Å². The zero-order chi connectivity index (χ0) is 14.1. The van der Waals surface area contributed by atoms with Gasteiger partial charge < -0.3 is 10.1 Å². The second-order valence-corrected chi connectivity index (χ2v) is 4.40. The summed E-state index contributed by atoms with van der Waals surface area (Å²) in [6.45, 7) is 9.05. The summed E-state index contributed by atoms with van der Waals surface area (Å²) in [5.74, 6) is -0.333. The highest BCUT2D eigenvalue weighted by molar-refractivity contribution is 5.89. The van der Waals surface area contributed by atoms with E-state index < -0.39 is 0 Å². The molecule has 0 saturated carbocycles. The Morgan fingerprint density at radius 1 is 1.32 bits per heavy atom. The van der Waals surface area contributed by atoms with Crippen LogP contribution in [0.1, 0.15) is 38.3 Å². The summed E-state index contributed by atoms with van der Waals surface area (Å²) in [5.41, 5.74) is 1.50. The minimum Gasteiger partial charge on any atom is -0.463 e. The standard InChI is InChI=1S/C16H23NO2/c1-4-6-12-17-15(13(3)16(18)19-5-2)14-10-8-7-9-11-14/h7-11,15,17H,3-6,12H2,1-2H3/t15-/m0/s1. The molecule has 3 heteroatoms. The maximum Gasteiger partial charge on any atom is 0.335 e. The average molecular weight is 261 g/mol. The lowest BCUT2D eigenvalue weighted by molar-refractivity contribution is -0.138. The number of ether oxygens (including phenoxy) is 1. The van der Waals surface area contributed by atoms with E-state index in [1.165, 1.54) is 0 Å². The number of esters is 1. The van der Waals surface area contributed by atoms with E-state index in [-0.39, 0.29) is 12.0 Å². The molecule has 1 rings (SSSR count). The third-order valence-corrected chi connectivity index (χ3v) is 2.90. The molecule has 0 amide bonds. The van der Waals surface area contributed by atoms with Gasteiger partial charge in [-0.05, 0) is 25.5 Å². The zero-order valence-electron chi connectivity index (χ0n) is 11.8. The Hall–Kier alpha value is -1.61. The monoisotopic (exact) mass is 261 g/mol. The van der Waals surface area contributed by atoms with Crippen molar-refractivity contribution in [1.29, 1.82) is 0 Å². The van der Waals surface area contributed by atoms with E-state index >= 15 is 0 Å². The minimum absolute atomic E-state index is 0.174. The first kappa shape index (κ1) is 15.4. The van der Waals surface area contributed by atoms with E-state index in [0.717, 1.165) is 24.9 Å². The van der Waals surface area contributed by atoms with Crippen LogP contribution in [0.4, 0.5) is 0 Å². The summed E-state index contributed by atoms with van der Waals surface area (Å²) in [6, 6.07) is 9.69. The second-order valence-electron chi connectivity index (χ2n) is 4.40. The molecule has 0 heterocycles. The Labute approximate surface area is 115 Å². The Bertz CT molecular complexity index is 400. The predicted molar refractivity (Wildman–Crippen MR) is 77.9 cm³/mol. The minimum atomic E-state index is -0.333. The van der Waals surface area contributed by atoms with Crippen LogP contribution in [-0.2, 0) is 9.53 Å². The summed E-state index contributed by atoms with van der Waals surface area (Å²) in [5, 5.41) is 3.38. The van der Waals surface area contributed by atoms with Gasteiger partial charge in [0.25, 0.3) is 0 Å². The van der Waals surface area contributed by atoms with Crippen molar-refractivity contribution in [2.24, 2.45) is 0 Å². The SMILES string of the molecule is C=C(C(=O)OCC)[C@H](NCCCC)c1ccccc1. The van der Waals surface area contributed by atoms with Gasteiger partial charge in [0.2, 0.25) is 0 Å². The average Bonchev–Trinajstić information content (AvgIpc) is 2.44. The number of nitrogens with one attached hydrogen (secondary N) is 1. The van der Waals surface area contributed by atoms with Gasteiger partial charge in [-0.2, -0.15) is 0 Å². The van der Waals surface area contributed by atoms with Crippen LogP contribution in [-0.4, -0.2) is 19.1 Å². The molecule has 0 saturated heterocycles. The lowest BCUT2D eigenvalue weighted by Crippen LogP contribution is -2.27. The van der Waals surface area contributed by atoms with Crippen LogP contribution < -0.4 is 5.32 Å². The summed E-state index contributed by atoms with van der Waals surface area (Å²) in [7, 11) is 0. The van der Waals surface area contributed by atoms with Crippen molar-refractivity contribution < 1.29 is 9.53 Å². The molecule has 104 valence electrons. The van der Waals surface area contributed by atoms with Gasteiger partial charge in [0.1, 0.15) is 0 Å². The van der Waals surface area contributed by atoms with Gasteiger partial charge in [0.15, 0.2) is 0 Å². The topological polar surface area (TPSA) is 38.3 Å². The summed E-state index contributed by atoms with van der Waals surface area (Å²) < 4.78 is 5.03. The van der Waals surface area contributed by atoms with E-state index in [1.807, 2.05) is 30.3 Å². The molecule has 0 fully saturated rings. The predicted octanol–water partition coefficient (Wildman–Crippen LogP) is 3.24. The van der Waals surface area contributed by atoms with Gasteiger partial charge in [-0.25, -0.2) is 4.79 Å². The number of rotatable bonds is 8. The number of carbonyl (C=O) groups is 1. The fourth-order valence-electron chi connectivity index (χ4n) is 1.85. The van der Waals surface area contributed by atoms with Gasteiger partial charge in [-0.3, -0.25) is 0 Å². The highest BCUT2D eigenvalue weighted by Gasteiger charge is 2.20. The Morgan fingerprint density at radius 2 is 2.00 bits per heavy atom. The number of hydrogen-bond acceptors (Lipinski definition) is 3. The fraction of sp³-hybridized carbons (Fsp3) is 0.438. The van der Waals surface area contributed by atoms with Crippen LogP contribution in [0.5, 0.6) is 0 Å². The first-order chi connectivity index (χ1) is 9.20. The van der Waals surface area contributed by atoms with Crippen LogP contribution in [0.15, 0.2) is 42.5 Å². The Kier molecular flexibility index (Phi) is 6.90. The molecule has 0 bridgehead atoms. The van der Waals surface area contributed by atoms with Crippen molar-refractivity contribution in [1.82, 2.24) is 5.32 Å². The molecule has 19 heavy (non-hydrogen) atoms. The van der Waals surface area contributed by atoms with Crippen LogP contribution in [0.3, 0.4) is 0 Å². The van der Waals surface area contributed by atoms with E-state index in [9.17, 15) is 4.79 Å². The lowest BCUT2D eigenvalue weighted by atomic mass is 9.99. The van der Waals surface area contributed by atoms with Crippen molar-refractivity contribution in [2.75, 3.05) is 13.2 Å². The van der Waals surface area contributed by atoms with Gasteiger partial charge in [0.05, 0.1) is 18.2 Å². The van der Waals surface area contributed by atoms with Gasteiger partial charge >= 0.3 is 5.97 Å². The summed E-state index contributed by atoms with van der Waals surface area (Å²) in [6.07, 6.45) is 2.18. The molecule has 0 aromatic heterocycles. The smallest absolute Gasteiger partial charge is 0.335 e. The highest BCUT2D eigenvalue weighted by atomic mass is 16.5. The second kappa shape index (κ2) is 8.48. The first-order valence-corrected chi connectivity index (χ1v) is 6.84.